The largest absolute Gasteiger partial charge is 0.338 e. The molecule has 1 heterocycles. The molecule has 0 saturated carbocycles. The quantitative estimate of drug-likeness (QED) is 0.617. The van der Waals surface area contributed by atoms with Gasteiger partial charge in [-0.2, -0.15) is 12.6 Å². The summed E-state index contributed by atoms with van der Waals surface area (Å²) in [5.41, 5.74) is 2.10. The fraction of sp³-hybridized carbons (Fsp3) is 0.533. The maximum absolute atomic E-state index is 12.3. The third-order valence-corrected chi connectivity index (χ3v) is 3.84. The summed E-state index contributed by atoms with van der Waals surface area (Å²) in [6, 6.07) is 7.98. The Morgan fingerprint density at radius 1 is 1.11 bits per heavy atom. The zero-order valence-electron chi connectivity index (χ0n) is 10.8. The lowest BCUT2D eigenvalue weighted by Crippen LogP contribution is -2.38. The molecule has 0 N–H and O–H groups in total. The molecule has 0 atom stereocenters. The molecule has 2 nitrogen and oxygen atoms in total. The van der Waals surface area contributed by atoms with Crippen molar-refractivity contribution in [2.45, 2.75) is 32.1 Å². The topological polar surface area (TPSA) is 20.3 Å². The molecule has 1 aromatic rings. The van der Waals surface area contributed by atoms with Gasteiger partial charge in [0.05, 0.1) is 0 Å². The fourth-order valence-electron chi connectivity index (χ4n) is 2.46. The zero-order valence-corrected chi connectivity index (χ0v) is 11.7. The molecular weight excluding hydrogens is 242 g/mol. The van der Waals surface area contributed by atoms with Gasteiger partial charge in [-0.1, -0.05) is 31.0 Å². The van der Waals surface area contributed by atoms with Gasteiger partial charge in [0.1, 0.15) is 0 Å². The van der Waals surface area contributed by atoms with Gasteiger partial charge in [-0.25, -0.2) is 0 Å². The van der Waals surface area contributed by atoms with E-state index in [-0.39, 0.29) is 5.91 Å². The highest BCUT2D eigenvalue weighted by Gasteiger charge is 2.22. The average Bonchev–Trinajstić information content (AvgIpc) is 2.41. The summed E-state index contributed by atoms with van der Waals surface area (Å²) in [6.07, 6.45) is 5.72. The van der Waals surface area contributed by atoms with Crippen molar-refractivity contribution in [3.63, 3.8) is 0 Å². The Morgan fingerprint density at radius 3 is 2.72 bits per heavy atom. The van der Waals surface area contributed by atoms with Crippen molar-refractivity contribution in [1.29, 1.82) is 0 Å². The van der Waals surface area contributed by atoms with Crippen LogP contribution < -0.4 is 0 Å². The minimum absolute atomic E-state index is 0.214. The molecule has 1 amide bonds. The lowest BCUT2D eigenvalue weighted by molar-refractivity contribution is 0.0736. The van der Waals surface area contributed by atoms with Gasteiger partial charge >= 0.3 is 0 Å². The number of amides is 1. The van der Waals surface area contributed by atoms with Crippen LogP contribution in [0.2, 0.25) is 0 Å². The molecule has 1 aliphatic heterocycles. The van der Waals surface area contributed by atoms with E-state index in [4.69, 9.17) is 0 Å². The van der Waals surface area contributed by atoms with Crippen molar-refractivity contribution in [3.8, 4) is 0 Å². The molecular formula is C15H21NOS. The first-order valence-electron chi connectivity index (χ1n) is 6.81. The van der Waals surface area contributed by atoms with Crippen molar-refractivity contribution in [2.24, 2.45) is 0 Å². The summed E-state index contributed by atoms with van der Waals surface area (Å²) < 4.78 is 0. The van der Waals surface area contributed by atoms with Crippen LogP contribution in [0.4, 0.5) is 0 Å². The highest BCUT2D eigenvalue weighted by Crippen LogP contribution is 2.19. The first-order valence-corrected chi connectivity index (χ1v) is 7.44. The Balaban J connectivity index is 1.84. The summed E-state index contributed by atoms with van der Waals surface area (Å²) in [6.45, 7) is 1.78. The second kappa shape index (κ2) is 6.83. The van der Waals surface area contributed by atoms with E-state index in [0.29, 0.717) is 0 Å². The van der Waals surface area contributed by atoms with Crippen molar-refractivity contribution >= 4 is 18.5 Å². The predicted molar refractivity (Wildman–Crippen MR) is 78.4 cm³/mol. The average molecular weight is 263 g/mol. The third kappa shape index (κ3) is 3.29. The van der Waals surface area contributed by atoms with Gasteiger partial charge in [0.25, 0.3) is 5.91 Å². The van der Waals surface area contributed by atoms with Crippen LogP contribution in [0.3, 0.4) is 0 Å². The van der Waals surface area contributed by atoms with E-state index in [2.05, 4.69) is 18.7 Å². The summed E-state index contributed by atoms with van der Waals surface area (Å²) in [4.78, 5) is 14.3. The lowest BCUT2D eigenvalue weighted by Gasteiger charge is -2.28. The number of thiol groups is 1. The van der Waals surface area contributed by atoms with Crippen molar-refractivity contribution < 1.29 is 4.79 Å². The Hall–Kier alpha value is -0.960. The number of rotatable bonds is 6. The molecule has 0 fully saturated rings. The van der Waals surface area contributed by atoms with Gasteiger partial charge in [0.2, 0.25) is 0 Å². The van der Waals surface area contributed by atoms with Crippen molar-refractivity contribution in [1.82, 2.24) is 4.90 Å². The second-order valence-electron chi connectivity index (χ2n) is 4.84. The summed E-state index contributed by atoms with van der Waals surface area (Å²) in [5, 5.41) is 0. The van der Waals surface area contributed by atoms with Crippen LogP contribution in [0.15, 0.2) is 24.3 Å². The highest BCUT2D eigenvalue weighted by atomic mass is 32.1. The Kier molecular flexibility index (Phi) is 5.12. The molecule has 0 saturated heterocycles. The van der Waals surface area contributed by atoms with Gasteiger partial charge in [-0.05, 0) is 36.6 Å². The first kappa shape index (κ1) is 13.5. The molecule has 0 aliphatic carbocycles. The number of hydrogen-bond donors (Lipinski definition) is 1. The normalized spacial score (nSPS) is 14.7. The van der Waals surface area contributed by atoms with Crippen LogP contribution in [0, 0.1) is 0 Å². The third-order valence-electron chi connectivity index (χ3n) is 3.52. The highest BCUT2D eigenvalue weighted by molar-refractivity contribution is 7.80. The van der Waals surface area contributed by atoms with Gasteiger partial charge in [0, 0.05) is 18.7 Å². The Morgan fingerprint density at radius 2 is 1.89 bits per heavy atom. The van der Waals surface area contributed by atoms with Crippen LogP contribution in [-0.2, 0) is 6.42 Å². The molecule has 0 aromatic heterocycles. The van der Waals surface area contributed by atoms with Crippen molar-refractivity contribution in [2.75, 3.05) is 18.8 Å². The predicted octanol–water partition coefficient (Wildman–Crippen LogP) is 3.18. The molecule has 18 heavy (non-hydrogen) atoms. The fourth-order valence-corrected chi connectivity index (χ4v) is 2.68. The van der Waals surface area contributed by atoms with E-state index < -0.39 is 0 Å². The molecule has 0 radical (unpaired) electrons. The Labute approximate surface area is 115 Å². The molecule has 1 aliphatic rings. The van der Waals surface area contributed by atoms with Gasteiger partial charge < -0.3 is 4.90 Å². The van der Waals surface area contributed by atoms with Crippen LogP contribution >= 0.6 is 12.6 Å². The molecule has 1 aromatic carbocycles. The van der Waals surface area contributed by atoms with E-state index in [1.807, 2.05) is 23.1 Å². The number of unbranched alkanes of at least 4 members (excludes halogenated alkanes) is 3. The Bertz CT molecular complexity index is 405. The van der Waals surface area contributed by atoms with E-state index >= 15 is 0 Å². The number of nitrogens with zero attached hydrogens (tertiary/aromatic N) is 1. The maximum atomic E-state index is 12.3. The van der Waals surface area contributed by atoms with E-state index in [0.717, 1.165) is 37.2 Å². The maximum Gasteiger partial charge on any atom is 0.254 e. The molecule has 0 unspecified atom stereocenters. The SMILES string of the molecule is O=C1c2ccccc2CCN1CCCCCCS. The monoisotopic (exact) mass is 263 g/mol. The van der Waals surface area contributed by atoms with Crippen molar-refractivity contribution in [3.05, 3.63) is 35.4 Å². The van der Waals surface area contributed by atoms with Gasteiger partial charge in [-0.3, -0.25) is 4.79 Å². The summed E-state index contributed by atoms with van der Waals surface area (Å²) >= 11 is 4.21. The standard InChI is InChI=1S/C15H21NOS/c17-15-14-8-4-3-7-13(14)9-11-16(15)10-5-1-2-6-12-18/h3-4,7-8,18H,1-2,5-6,9-12H2. The van der Waals surface area contributed by atoms with E-state index in [1.165, 1.54) is 24.8 Å². The number of benzene rings is 1. The number of fused-ring (bicyclic) bond motifs is 1. The molecule has 2 rings (SSSR count). The zero-order chi connectivity index (χ0) is 12.8. The number of carbonyl (C=O) groups is 1. The molecule has 3 heteroatoms. The van der Waals surface area contributed by atoms with Gasteiger partial charge in [-0.15, -0.1) is 0 Å². The van der Waals surface area contributed by atoms with Crippen LogP contribution in [-0.4, -0.2) is 29.6 Å². The second-order valence-corrected chi connectivity index (χ2v) is 5.28. The van der Waals surface area contributed by atoms with Crippen LogP contribution in [0.5, 0.6) is 0 Å². The molecule has 0 bridgehead atoms. The van der Waals surface area contributed by atoms with Crippen LogP contribution in [0.25, 0.3) is 0 Å². The number of carbonyl (C=O) groups excluding carboxylic acids is 1. The molecule has 0 spiro atoms. The van der Waals surface area contributed by atoms with E-state index in [1.54, 1.807) is 0 Å². The minimum Gasteiger partial charge on any atom is -0.338 e. The summed E-state index contributed by atoms with van der Waals surface area (Å²) in [5.74, 6) is 1.18. The van der Waals surface area contributed by atoms with Crippen LogP contribution in [0.1, 0.15) is 41.6 Å². The molecule has 98 valence electrons. The summed E-state index contributed by atoms with van der Waals surface area (Å²) in [7, 11) is 0. The smallest absolute Gasteiger partial charge is 0.254 e. The number of hydrogen-bond acceptors (Lipinski definition) is 2. The minimum atomic E-state index is 0.214. The first-order chi connectivity index (χ1) is 8.83. The van der Waals surface area contributed by atoms with E-state index in [9.17, 15) is 4.79 Å². The lowest BCUT2D eigenvalue weighted by atomic mass is 9.99. The van der Waals surface area contributed by atoms with Gasteiger partial charge in [0.15, 0.2) is 0 Å².